The lowest BCUT2D eigenvalue weighted by Crippen LogP contribution is -2.32. The fraction of sp³-hybridized carbons (Fsp3) is 0.286. The van der Waals surface area contributed by atoms with Crippen molar-refractivity contribution in [2.24, 2.45) is 0 Å². The Balaban J connectivity index is 0.000000717. The molecule has 0 bridgehead atoms. The van der Waals surface area contributed by atoms with Gasteiger partial charge in [0, 0.05) is 33.6 Å². The predicted molar refractivity (Wildman–Crippen MR) is 150 cm³/mol. The van der Waals surface area contributed by atoms with Gasteiger partial charge in [-0.05, 0) is 47.5 Å². The smallest absolute Gasteiger partial charge is 0.414 e. The van der Waals surface area contributed by atoms with Gasteiger partial charge < -0.3 is 25.4 Å². The number of hydrogen-bond acceptors (Lipinski definition) is 6. The summed E-state index contributed by atoms with van der Waals surface area (Å²) in [4.78, 5) is 19.4. The fourth-order valence-electron chi connectivity index (χ4n) is 3.28. The van der Waals surface area contributed by atoms with E-state index in [0.29, 0.717) is 6.54 Å². The molecular formula is C28H32BrNO6S. The first-order valence-electron chi connectivity index (χ1n) is 11.6. The van der Waals surface area contributed by atoms with Gasteiger partial charge in [0.25, 0.3) is 0 Å². The van der Waals surface area contributed by atoms with Gasteiger partial charge in [-0.25, -0.2) is 9.59 Å². The molecule has 0 aromatic heterocycles. The molecule has 0 aliphatic carbocycles. The number of nitrogens with one attached hydrogen (secondary N) is 1. The van der Waals surface area contributed by atoms with Crippen LogP contribution >= 0.6 is 27.7 Å². The molecule has 0 aliphatic heterocycles. The Morgan fingerprint density at radius 3 is 2.05 bits per heavy atom. The second-order valence-corrected chi connectivity index (χ2v) is 10.7. The van der Waals surface area contributed by atoms with Crippen molar-refractivity contribution in [1.82, 2.24) is 5.32 Å². The van der Waals surface area contributed by atoms with E-state index in [2.05, 4.69) is 83.6 Å². The van der Waals surface area contributed by atoms with Gasteiger partial charge >= 0.3 is 11.9 Å². The molecule has 9 heteroatoms. The minimum absolute atomic E-state index is 0.0719. The highest BCUT2D eigenvalue weighted by Gasteiger charge is 2.22. The van der Waals surface area contributed by atoms with Crippen LogP contribution in [0.25, 0.3) is 0 Å². The van der Waals surface area contributed by atoms with Crippen LogP contribution in [0, 0.1) is 0 Å². The van der Waals surface area contributed by atoms with Crippen molar-refractivity contribution in [1.29, 1.82) is 0 Å². The van der Waals surface area contributed by atoms with Gasteiger partial charge in [-0.2, -0.15) is 0 Å². The summed E-state index contributed by atoms with van der Waals surface area (Å²) < 4.78 is 6.87. The first-order valence-corrected chi connectivity index (χ1v) is 13.4. The van der Waals surface area contributed by atoms with E-state index >= 15 is 0 Å². The average molecular weight is 591 g/mol. The number of hydrogen-bond donors (Lipinski definition) is 4. The topological polar surface area (TPSA) is 116 Å². The van der Waals surface area contributed by atoms with Crippen LogP contribution in [0.2, 0.25) is 0 Å². The highest BCUT2D eigenvalue weighted by atomic mass is 79.9. The Hall–Kier alpha value is -2.85. The third-order valence-corrected chi connectivity index (χ3v) is 6.98. The van der Waals surface area contributed by atoms with E-state index in [4.69, 9.17) is 24.5 Å². The number of aliphatic hydroxyl groups excluding tert-OH is 1. The molecule has 198 valence electrons. The van der Waals surface area contributed by atoms with E-state index in [1.54, 1.807) is 11.8 Å². The molecule has 7 nitrogen and oxygen atoms in total. The number of aliphatic carboxylic acids is 2. The summed E-state index contributed by atoms with van der Waals surface area (Å²) in [7, 11) is 0. The van der Waals surface area contributed by atoms with Crippen molar-refractivity contribution in [2.75, 3.05) is 25.4 Å². The molecule has 0 amide bonds. The van der Waals surface area contributed by atoms with Crippen molar-refractivity contribution in [3.8, 4) is 5.75 Å². The third-order valence-electron chi connectivity index (χ3n) is 5.44. The zero-order valence-electron chi connectivity index (χ0n) is 20.8. The van der Waals surface area contributed by atoms with Gasteiger partial charge in [-0.1, -0.05) is 72.2 Å². The van der Waals surface area contributed by atoms with Crippen LogP contribution < -0.4 is 10.1 Å². The van der Waals surface area contributed by atoms with Crippen LogP contribution in [0.3, 0.4) is 0 Å². The molecule has 1 atom stereocenters. The molecule has 0 fully saturated rings. The summed E-state index contributed by atoms with van der Waals surface area (Å²) in [6.07, 6.45) is -0.543. The number of thioether (sulfide) groups is 1. The summed E-state index contributed by atoms with van der Waals surface area (Å²) in [6, 6.07) is 27.0. The number of ether oxygens (including phenoxy) is 1. The minimum Gasteiger partial charge on any atom is -0.491 e. The van der Waals surface area contributed by atoms with Crippen molar-refractivity contribution in [2.45, 2.75) is 30.3 Å². The SMILES string of the molecule is CC(C)(c1ccccc1)c1ccc(OCC(O)CNCCSc2ccc(Br)cc2)cc1.O=C(O)C(=O)O. The number of carboxylic acids is 2. The van der Waals surface area contributed by atoms with Gasteiger partial charge in [0.2, 0.25) is 0 Å². The standard InChI is InChI=1S/C26H30BrNO2S.C2H2O4/c1-26(2,20-6-4-3-5-7-20)21-8-12-24(13-9-21)30-19-23(29)18-28-16-17-31-25-14-10-22(27)11-15-25;3-1(4)2(5)6/h3-15,23,28-29H,16-19H2,1-2H3;(H,3,4)(H,5,6). The zero-order valence-corrected chi connectivity index (χ0v) is 23.2. The third kappa shape index (κ3) is 11.0. The van der Waals surface area contributed by atoms with E-state index in [-0.39, 0.29) is 12.0 Å². The molecule has 3 rings (SSSR count). The van der Waals surface area contributed by atoms with E-state index in [1.165, 1.54) is 16.0 Å². The molecule has 4 N–H and O–H groups in total. The maximum atomic E-state index is 10.2. The Morgan fingerprint density at radius 2 is 1.49 bits per heavy atom. The van der Waals surface area contributed by atoms with Crippen molar-refractivity contribution >= 4 is 39.6 Å². The summed E-state index contributed by atoms with van der Waals surface area (Å²) in [5, 5.41) is 28.3. The fourth-order valence-corrected chi connectivity index (χ4v) is 4.36. The second kappa shape index (κ2) is 15.4. The molecule has 0 saturated carbocycles. The summed E-state index contributed by atoms with van der Waals surface area (Å²) in [5.41, 5.74) is 2.44. The van der Waals surface area contributed by atoms with Crippen LogP contribution in [0.15, 0.2) is 88.2 Å². The maximum absolute atomic E-state index is 10.2. The van der Waals surface area contributed by atoms with Gasteiger partial charge in [-0.15, -0.1) is 11.8 Å². The number of aliphatic hydroxyl groups is 1. The highest BCUT2D eigenvalue weighted by Crippen LogP contribution is 2.32. The first-order chi connectivity index (χ1) is 17.6. The van der Waals surface area contributed by atoms with Crippen LogP contribution in [-0.4, -0.2) is 58.8 Å². The number of carboxylic acid groups (broad SMARTS) is 2. The van der Waals surface area contributed by atoms with E-state index in [9.17, 15) is 5.11 Å². The van der Waals surface area contributed by atoms with Crippen molar-refractivity contribution in [3.63, 3.8) is 0 Å². The van der Waals surface area contributed by atoms with E-state index in [0.717, 1.165) is 22.5 Å². The van der Waals surface area contributed by atoms with Gasteiger partial charge in [0.05, 0.1) is 0 Å². The molecule has 0 radical (unpaired) electrons. The van der Waals surface area contributed by atoms with Crippen LogP contribution in [-0.2, 0) is 15.0 Å². The molecule has 1 unspecified atom stereocenters. The number of rotatable bonds is 11. The average Bonchev–Trinajstić information content (AvgIpc) is 2.89. The number of carbonyl (C=O) groups is 2. The quantitative estimate of drug-likeness (QED) is 0.139. The lowest BCUT2D eigenvalue weighted by Gasteiger charge is -2.26. The first kappa shape index (κ1) is 30.4. The summed E-state index contributed by atoms with van der Waals surface area (Å²) >= 11 is 5.24. The monoisotopic (exact) mass is 589 g/mol. The molecule has 3 aromatic carbocycles. The molecular weight excluding hydrogens is 558 g/mol. The van der Waals surface area contributed by atoms with E-state index in [1.807, 2.05) is 30.3 Å². The van der Waals surface area contributed by atoms with Crippen molar-refractivity contribution in [3.05, 3.63) is 94.5 Å². The van der Waals surface area contributed by atoms with Gasteiger partial charge in [0.1, 0.15) is 18.5 Å². The minimum atomic E-state index is -1.82. The number of benzene rings is 3. The number of halogens is 1. The lowest BCUT2D eigenvalue weighted by atomic mass is 9.78. The molecule has 0 aliphatic rings. The molecule has 0 saturated heterocycles. The maximum Gasteiger partial charge on any atom is 0.414 e. The van der Waals surface area contributed by atoms with Gasteiger partial charge in [-0.3, -0.25) is 0 Å². The normalized spacial score (nSPS) is 11.7. The molecule has 37 heavy (non-hydrogen) atoms. The van der Waals surface area contributed by atoms with Crippen molar-refractivity contribution < 1.29 is 29.6 Å². The molecule has 0 heterocycles. The second-order valence-electron chi connectivity index (χ2n) is 8.60. The van der Waals surface area contributed by atoms with E-state index < -0.39 is 18.0 Å². The summed E-state index contributed by atoms with van der Waals surface area (Å²) in [6.45, 7) is 6.07. The van der Waals surface area contributed by atoms with Gasteiger partial charge in [0.15, 0.2) is 0 Å². The predicted octanol–water partition coefficient (Wildman–Crippen LogP) is 5.05. The Bertz CT molecular complexity index is 1100. The lowest BCUT2D eigenvalue weighted by molar-refractivity contribution is -0.159. The Morgan fingerprint density at radius 1 is 0.919 bits per heavy atom. The van der Waals surface area contributed by atoms with Crippen LogP contribution in [0.5, 0.6) is 5.75 Å². The highest BCUT2D eigenvalue weighted by molar-refractivity contribution is 9.10. The molecule has 3 aromatic rings. The largest absolute Gasteiger partial charge is 0.491 e. The summed E-state index contributed by atoms with van der Waals surface area (Å²) in [5.74, 6) is -1.92. The zero-order chi connectivity index (χ0) is 27.3. The Kier molecular flexibility index (Phi) is 12.7. The van der Waals surface area contributed by atoms with Crippen LogP contribution in [0.4, 0.5) is 0 Å². The molecule has 0 spiro atoms. The van der Waals surface area contributed by atoms with Crippen LogP contribution in [0.1, 0.15) is 25.0 Å². The Labute approximate surface area is 230 Å².